The first-order valence-corrected chi connectivity index (χ1v) is 10.7. The predicted octanol–water partition coefficient (Wildman–Crippen LogP) is 3.37. The van der Waals surface area contributed by atoms with Gasteiger partial charge in [-0.25, -0.2) is 4.68 Å². The van der Waals surface area contributed by atoms with Crippen molar-refractivity contribution in [1.29, 1.82) is 0 Å². The van der Waals surface area contributed by atoms with E-state index in [4.69, 9.17) is 0 Å². The Bertz CT molecular complexity index is 1120. The van der Waals surface area contributed by atoms with E-state index in [2.05, 4.69) is 35.6 Å². The monoisotopic (exact) mass is 406 g/mol. The van der Waals surface area contributed by atoms with E-state index in [0.29, 0.717) is 23.8 Å². The first kappa shape index (κ1) is 20.4. The van der Waals surface area contributed by atoms with Gasteiger partial charge in [0.15, 0.2) is 0 Å². The zero-order valence-electron chi connectivity index (χ0n) is 18.3. The van der Waals surface area contributed by atoms with Crippen LogP contribution in [0, 0.1) is 25.7 Å². The maximum atomic E-state index is 13.2. The van der Waals surface area contributed by atoms with E-state index in [1.807, 2.05) is 36.9 Å². The molecule has 3 heterocycles. The molecule has 0 bridgehead atoms. The maximum Gasteiger partial charge on any atom is 0.276 e. The van der Waals surface area contributed by atoms with Crippen LogP contribution in [0.1, 0.15) is 37.2 Å². The minimum Gasteiger partial charge on any atom is -0.343 e. The highest BCUT2D eigenvalue weighted by Gasteiger charge is 2.26. The van der Waals surface area contributed by atoms with E-state index in [1.54, 1.807) is 6.20 Å². The number of fused-ring (bicyclic) bond motifs is 1. The topological polar surface area (TPSA) is 60.1 Å². The fourth-order valence-corrected chi connectivity index (χ4v) is 4.86. The highest BCUT2D eigenvalue weighted by atomic mass is 16.2. The molecule has 2 aromatic heterocycles. The van der Waals surface area contributed by atoms with Gasteiger partial charge >= 0.3 is 0 Å². The second-order valence-electron chi connectivity index (χ2n) is 8.88. The summed E-state index contributed by atoms with van der Waals surface area (Å²) >= 11 is 0. The SMILES string of the molecule is Cc1c2cnn(CC(=O)N3C[C@H](C)C[C@@H](C)C3)c(=O)c2c(C)n1Cc1ccccc1. The first-order valence-electron chi connectivity index (χ1n) is 10.7. The Morgan fingerprint density at radius 1 is 1.07 bits per heavy atom. The Morgan fingerprint density at radius 2 is 1.73 bits per heavy atom. The highest BCUT2D eigenvalue weighted by molar-refractivity contribution is 5.87. The summed E-state index contributed by atoms with van der Waals surface area (Å²) < 4.78 is 3.48. The van der Waals surface area contributed by atoms with Crippen LogP contribution < -0.4 is 5.56 Å². The van der Waals surface area contributed by atoms with Gasteiger partial charge in [-0.05, 0) is 37.7 Å². The van der Waals surface area contributed by atoms with Gasteiger partial charge in [0.05, 0.1) is 11.6 Å². The van der Waals surface area contributed by atoms with Crippen molar-refractivity contribution in [1.82, 2.24) is 19.2 Å². The van der Waals surface area contributed by atoms with E-state index in [-0.39, 0.29) is 18.0 Å². The Labute approximate surface area is 177 Å². The minimum atomic E-state index is -0.189. The molecule has 158 valence electrons. The summed E-state index contributed by atoms with van der Waals surface area (Å²) in [5.74, 6) is 0.948. The summed E-state index contributed by atoms with van der Waals surface area (Å²) in [5.41, 5.74) is 2.93. The van der Waals surface area contributed by atoms with Crippen LogP contribution in [0.4, 0.5) is 0 Å². The number of piperidine rings is 1. The molecule has 1 aromatic carbocycles. The molecule has 0 aliphatic carbocycles. The van der Waals surface area contributed by atoms with Crippen LogP contribution in [0.25, 0.3) is 10.8 Å². The van der Waals surface area contributed by atoms with E-state index in [9.17, 15) is 9.59 Å². The number of hydrogen-bond donors (Lipinski definition) is 0. The molecule has 6 nitrogen and oxygen atoms in total. The molecular formula is C24H30N4O2. The average molecular weight is 407 g/mol. The second-order valence-corrected chi connectivity index (χ2v) is 8.88. The summed E-state index contributed by atoms with van der Waals surface area (Å²) in [7, 11) is 0. The fraction of sp³-hybridized carbons (Fsp3) is 0.458. The summed E-state index contributed by atoms with van der Waals surface area (Å²) in [6, 6.07) is 10.2. The van der Waals surface area contributed by atoms with Crippen molar-refractivity contribution < 1.29 is 4.79 Å². The van der Waals surface area contributed by atoms with Crippen molar-refractivity contribution in [3.8, 4) is 0 Å². The van der Waals surface area contributed by atoms with Crippen molar-refractivity contribution >= 4 is 16.7 Å². The Morgan fingerprint density at radius 3 is 2.40 bits per heavy atom. The van der Waals surface area contributed by atoms with Crippen LogP contribution >= 0.6 is 0 Å². The lowest BCUT2D eigenvalue weighted by Gasteiger charge is -2.35. The normalized spacial score (nSPS) is 19.4. The lowest BCUT2D eigenvalue weighted by atomic mass is 9.92. The van der Waals surface area contributed by atoms with Crippen LogP contribution in [0.2, 0.25) is 0 Å². The zero-order chi connectivity index (χ0) is 21.4. The van der Waals surface area contributed by atoms with Crippen molar-refractivity contribution in [2.75, 3.05) is 13.1 Å². The van der Waals surface area contributed by atoms with E-state index < -0.39 is 0 Å². The summed E-state index contributed by atoms with van der Waals surface area (Å²) in [6.45, 7) is 10.6. The average Bonchev–Trinajstić information content (AvgIpc) is 2.95. The third-order valence-corrected chi connectivity index (χ3v) is 6.30. The van der Waals surface area contributed by atoms with Gasteiger partial charge in [-0.2, -0.15) is 5.10 Å². The summed E-state index contributed by atoms with van der Waals surface area (Å²) in [4.78, 5) is 28.0. The molecule has 1 saturated heterocycles. The molecule has 1 aliphatic heterocycles. The quantitative estimate of drug-likeness (QED) is 0.667. The van der Waals surface area contributed by atoms with Gasteiger partial charge in [-0.15, -0.1) is 0 Å². The van der Waals surface area contributed by atoms with Crippen LogP contribution in [0.5, 0.6) is 0 Å². The molecule has 30 heavy (non-hydrogen) atoms. The lowest BCUT2D eigenvalue weighted by molar-refractivity contribution is -0.134. The predicted molar refractivity (Wildman–Crippen MR) is 119 cm³/mol. The number of likely N-dealkylation sites (tertiary alicyclic amines) is 1. The number of carbonyl (C=O) groups excluding carboxylic acids is 1. The molecule has 0 N–H and O–H groups in total. The van der Waals surface area contributed by atoms with Gasteiger partial charge < -0.3 is 9.47 Å². The zero-order valence-corrected chi connectivity index (χ0v) is 18.3. The van der Waals surface area contributed by atoms with Gasteiger partial charge in [0.1, 0.15) is 6.54 Å². The van der Waals surface area contributed by atoms with Crippen LogP contribution in [-0.2, 0) is 17.9 Å². The molecule has 2 atom stereocenters. The van der Waals surface area contributed by atoms with Gasteiger partial charge in [0.25, 0.3) is 5.56 Å². The minimum absolute atomic E-state index is 0.00341. The first-order chi connectivity index (χ1) is 14.3. The van der Waals surface area contributed by atoms with Gasteiger partial charge in [0, 0.05) is 36.4 Å². The number of hydrogen-bond acceptors (Lipinski definition) is 3. The summed E-state index contributed by atoms with van der Waals surface area (Å²) in [6.07, 6.45) is 2.87. The molecule has 6 heteroatoms. The molecule has 1 fully saturated rings. The maximum absolute atomic E-state index is 13.2. The standard InChI is InChI=1S/C24H30N4O2/c1-16-10-17(2)13-26(12-16)22(29)15-28-24(30)23-19(4)27(18(3)21(23)11-25-28)14-20-8-6-5-7-9-20/h5-9,11,16-17H,10,12-15H2,1-4H3/t16-,17-/m1/s1. The second kappa shape index (κ2) is 8.09. The molecule has 4 rings (SSSR count). The van der Waals surface area contributed by atoms with Crippen molar-refractivity contribution in [3.05, 3.63) is 63.8 Å². The van der Waals surface area contributed by atoms with Crippen molar-refractivity contribution in [2.45, 2.75) is 47.2 Å². The van der Waals surface area contributed by atoms with Gasteiger partial charge in [0.2, 0.25) is 5.91 Å². The fourth-order valence-electron chi connectivity index (χ4n) is 4.86. The third-order valence-electron chi connectivity index (χ3n) is 6.30. The van der Waals surface area contributed by atoms with Crippen molar-refractivity contribution in [2.24, 2.45) is 11.8 Å². The summed E-state index contributed by atoms with van der Waals surface area (Å²) in [5, 5.41) is 5.86. The number of nitrogens with zero attached hydrogens (tertiary/aromatic N) is 4. The largest absolute Gasteiger partial charge is 0.343 e. The Kier molecular flexibility index (Phi) is 5.50. The molecule has 0 spiro atoms. The molecule has 1 aliphatic rings. The molecular weight excluding hydrogens is 376 g/mol. The number of aromatic nitrogens is 3. The molecule has 0 saturated carbocycles. The Balaban J connectivity index is 1.65. The smallest absolute Gasteiger partial charge is 0.276 e. The lowest BCUT2D eigenvalue weighted by Crippen LogP contribution is -2.45. The molecule has 3 aromatic rings. The van der Waals surface area contributed by atoms with E-state index in [1.165, 1.54) is 10.2 Å². The van der Waals surface area contributed by atoms with Crippen LogP contribution in [0.3, 0.4) is 0 Å². The molecule has 0 radical (unpaired) electrons. The van der Waals surface area contributed by atoms with E-state index in [0.717, 1.165) is 36.3 Å². The van der Waals surface area contributed by atoms with Crippen molar-refractivity contribution in [3.63, 3.8) is 0 Å². The van der Waals surface area contributed by atoms with Gasteiger partial charge in [-0.1, -0.05) is 44.2 Å². The number of carbonyl (C=O) groups is 1. The van der Waals surface area contributed by atoms with Gasteiger partial charge in [-0.3, -0.25) is 9.59 Å². The number of aryl methyl sites for hydroxylation is 2. The number of rotatable bonds is 4. The number of amides is 1. The number of benzene rings is 1. The third kappa shape index (κ3) is 3.78. The Hall–Kier alpha value is -2.89. The van der Waals surface area contributed by atoms with E-state index >= 15 is 0 Å². The van der Waals surface area contributed by atoms with Crippen LogP contribution in [0.15, 0.2) is 41.3 Å². The molecule has 1 amide bonds. The van der Waals surface area contributed by atoms with Crippen LogP contribution in [-0.4, -0.2) is 38.2 Å². The highest BCUT2D eigenvalue weighted by Crippen LogP contribution is 2.24. The molecule has 0 unspecified atom stereocenters.